The zero-order valence-corrected chi connectivity index (χ0v) is 35.1. The van der Waals surface area contributed by atoms with Crippen LogP contribution in [0, 0.1) is 0 Å². The maximum Gasteiger partial charge on any atom is 0.125 e. The third kappa shape index (κ3) is 16.4. The van der Waals surface area contributed by atoms with E-state index in [0.29, 0.717) is 18.2 Å². The van der Waals surface area contributed by atoms with Gasteiger partial charge < -0.3 is 13.7 Å². The zero-order valence-electron chi connectivity index (χ0n) is 30.0. The lowest BCUT2D eigenvalue weighted by molar-refractivity contribution is 0.460. The Kier molecular flexibility index (Phi) is 21.2. The summed E-state index contributed by atoms with van der Waals surface area (Å²) in [6, 6.07) is 3.39. The average Bonchev–Trinajstić information content (AvgIpc) is 3.02. The topological polar surface area (TPSA) is 172 Å². The molecular formula is C31H59O9P3S3. The second-order valence-corrected chi connectivity index (χ2v) is 31.4. The minimum atomic E-state index is -5.14. The van der Waals surface area contributed by atoms with Gasteiger partial charge in [-0.1, -0.05) is 6.07 Å². The molecule has 0 N–H and O–H groups in total. The van der Waals surface area contributed by atoms with Crippen LogP contribution in [0.3, 0.4) is 0 Å². The number of benzene rings is 2. The molecule has 0 spiro atoms. The van der Waals surface area contributed by atoms with Crippen LogP contribution < -0.4 is 0 Å². The standard InChI is InChI=1S/C10H8O9S3.3C7H18P/c11-20(12,13)7-1-2-9-6(3-7)4-8(21(14,15)16)5-10(9)22(17,18)19;3*1-5-8(4,6-2)7-3/h1-5H,(H,11,12,13)(H,14,15,16)(H,17,18,19);3*5-7H2,1-4H3/q;3*+1/p-3. The van der Waals surface area contributed by atoms with Gasteiger partial charge in [-0.3, -0.25) is 0 Å². The lowest BCUT2D eigenvalue weighted by Gasteiger charge is -2.16. The minimum absolute atomic E-state index is 0.310. The van der Waals surface area contributed by atoms with E-state index in [9.17, 15) is 38.9 Å². The largest absolute Gasteiger partial charge is 0.744 e. The molecule has 2 rings (SSSR count). The Morgan fingerprint density at radius 1 is 0.457 bits per heavy atom. The maximum atomic E-state index is 11.2. The maximum absolute atomic E-state index is 11.2. The highest BCUT2D eigenvalue weighted by atomic mass is 32.2. The Morgan fingerprint density at radius 3 is 0.957 bits per heavy atom. The first kappa shape index (κ1) is 47.8. The molecule has 0 aliphatic heterocycles. The van der Waals surface area contributed by atoms with E-state index in [4.69, 9.17) is 0 Å². The van der Waals surface area contributed by atoms with Crippen LogP contribution in [0.15, 0.2) is 45.0 Å². The van der Waals surface area contributed by atoms with Crippen LogP contribution in [0.1, 0.15) is 62.3 Å². The van der Waals surface area contributed by atoms with Crippen LogP contribution in [-0.4, -0.2) is 114 Å². The van der Waals surface area contributed by atoms with Crippen LogP contribution >= 0.6 is 21.8 Å². The third-order valence-electron chi connectivity index (χ3n) is 9.58. The van der Waals surface area contributed by atoms with Crippen molar-refractivity contribution in [3.05, 3.63) is 30.3 Å². The molecule has 0 saturated carbocycles. The molecule has 46 heavy (non-hydrogen) atoms. The molecule has 2 aromatic rings. The van der Waals surface area contributed by atoms with Crippen LogP contribution in [0.5, 0.6) is 0 Å². The van der Waals surface area contributed by atoms with Gasteiger partial charge in [0.2, 0.25) is 0 Å². The van der Waals surface area contributed by atoms with E-state index in [-0.39, 0.29) is 10.8 Å². The molecule has 0 radical (unpaired) electrons. The highest BCUT2D eigenvalue weighted by molar-refractivity contribution is 7.87. The molecular weight excluding hydrogens is 705 g/mol. The van der Waals surface area contributed by atoms with Gasteiger partial charge >= 0.3 is 0 Å². The fourth-order valence-corrected chi connectivity index (χ4v) is 9.67. The van der Waals surface area contributed by atoms with Crippen molar-refractivity contribution in [2.45, 2.75) is 77.0 Å². The Morgan fingerprint density at radius 2 is 0.739 bits per heavy atom. The molecule has 0 aliphatic rings. The van der Waals surface area contributed by atoms with Crippen LogP contribution in [0.25, 0.3) is 10.8 Å². The molecule has 0 aromatic heterocycles. The van der Waals surface area contributed by atoms with Crippen molar-refractivity contribution in [1.29, 1.82) is 0 Å². The van der Waals surface area contributed by atoms with Crippen molar-refractivity contribution in [1.82, 2.24) is 0 Å². The fraction of sp³-hybridized carbons (Fsp3) is 0.677. The molecule has 0 fully saturated rings. The Hall–Kier alpha value is -0.280. The lowest BCUT2D eigenvalue weighted by Crippen LogP contribution is -2.05. The van der Waals surface area contributed by atoms with Gasteiger partial charge in [-0.15, -0.1) is 0 Å². The lowest BCUT2D eigenvalue weighted by atomic mass is 10.1. The van der Waals surface area contributed by atoms with E-state index < -0.39 is 66.8 Å². The number of rotatable bonds is 12. The molecule has 0 amide bonds. The van der Waals surface area contributed by atoms with Gasteiger partial charge in [0, 0.05) is 41.8 Å². The summed E-state index contributed by atoms with van der Waals surface area (Å²) in [5, 5.41) is -0.668. The van der Waals surface area contributed by atoms with Gasteiger partial charge in [0.05, 0.1) is 70.1 Å². The van der Waals surface area contributed by atoms with Gasteiger partial charge in [-0.25, -0.2) is 25.3 Å². The van der Waals surface area contributed by atoms with E-state index in [2.05, 4.69) is 82.3 Å². The molecule has 0 aliphatic carbocycles. The fourth-order valence-electron chi connectivity index (χ4n) is 3.81. The summed E-state index contributed by atoms with van der Waals surface area (Å²) in [6.07, 6.45) is 12.9. The summed E-state index contributed by atoms with van der Waals surface area (Å²) in [6.45, 7) is 28.3. The molecule has 270 valence electrons. The van der Waals surface area contributed by atoms with Gasteiger partial charge in [0.1, 0.15) is 30.4 Å². The Bertz CT molecular complexity index is 1460. The van der Waals surface area contributed by atoms with Crippen molar-refractivity contribution < 1.29 is 38.9 Å². The molecule has 0 heterocycles. The van der Waals surface area contributed by atoms with Gasteiger partial charge in [-0.05, 0) is 97.4 Å². The van der Waals surface area contributed by atoms with Crippen molar-refractivity contribution in [3.8, 4) is 0 Å². The summed E-state index contributed by atoms with van der Waals surface area (Å²) >= 11 is 0. The van der Waals surface area contributed by atoms with Crippen molar-refractivity contribution >= 4 is 62.9 Å². The molecule has 0 atom stereocenters. The number of hydrogen-bond donors (Lipinski definition) is 0. The summed E-state index contributed by atoms with van der Waals surface area (Å²) in [5.74, 6) is 0. The van der Waals surface area contributed by atoms with Gasteiger partial charge in [0.15, 0.2) is 0 Å². The first-order valence-corrected chi connectivity index (χ1v) is 28.4. The molecule has 15 heteroatoms. The van der Waals surface area contributed by atoms with E-state index in [1.165, 1.54) is 55.5 Å². The van der Waals surface area contributed by atoms with E-state index in [0.717, 1.165) is 12.1 Å². The number of hydrogen-bond acceptors (Lipinski definition) is 9. The monoisotopic (exact) mass is 764 g/mol. The summed E-state index contributed by atoms with van der Waals surface area (Å²) in [5.41, 5.74) is 0. The summed E-state index contributed by atoms with van der Waals surface area (Å²) in [7, 11) is -16.4. The van der Waals surface area contributed by atoms with Crippen LogP contribution in [-0.2, 0) is 30.4 Å². The second-order valence-electron chi connectivity index (χ2n) is 11.9. The predicted octanol–water partition coefficient (Wildman–Crippen LogP) is 7.63. The molecule has 0 saturated heterocycles. The Labute approximate surface area is 283 Å². The highest BCUT2D eigenvalue weighted by Gasteiger charge is 2.24. The number of fused-ring (bicyclic) bond motifs is 1. The minimum Gasteiger partial charge on any atom is -0.744 e. The van der Waals surface area contributed by atoms with Gasteiger partial charge in [0.25, 0.3) is 0 Å². The molecule has 9 nitrogen and oxygen atoms in total. The quantitative estimate of drug-likeness (QED) is 0.156. The SMILES string of the molecule is CC[P+](C)(CC)CC.CC[P+](C)(CC)CC.CC[P+](C)(CC)CC.O=S(=O)([O-])c1ccc2c(S(=O)(=O)[O-])cc(S(=O)(=O)[O-])cc2c1. The normalized spacial score (nSPS) is 12.7. The van der Waals surface area contributed by atoms with E-state index in [1.807, 2.05) is 0 Å². The molecule has 0 bridgehead atoms. The third-order valence-corrected chi connectivity index (χ3v) is 25.8. The van der Waals surface area contributed by atoms with Gasteiger partial charge in [-0.2, -0.15) is 0 Å². The van der Waals surface area contributed by atoms with Crippen molar-refractivity contribution in [3.63, 3.8) is 0 Å². The smallest absolute Gasteiger partial charge is 0.125 e. The van der Waals surface area contributed by atoms with Crippen LogP contribution in [0.2, 0.25) is 0 Å². The predicted molar refractivity (Wildman–Crippen MR) is 201 cm³/mol. The summed E-state index contributed by atoms with van der Waals surface area (Å²) in [4.78, 5) is -2.81. The first-order chi connectivity index (χ1) is 20.8. The first-order valence-electron chi connectivity index (χ1n) is 15.8. The van der Waals surface area contributed by atoms with Crippen molar-refractivity contribution in [2.75, 3.05) is 75.5 Å². The van der Waals surface area contributed by atoms with E-state index in [1.54, 1.807) is 0 Å². The second kappa shape index (κ2) is 20.4. The zero-order chi connectivity index (χ0) is 36.8. The molecule has 0 unspecified atom stereocenters. The molecule has 2 aromatic carbocycles. The average molecular weight is 765 g/mol. The van der Waals surface area contributed by atoms with Crippen LogP contribution in [0.4, 0.5) is 0 Å². The van der Waals surface area contributed by atoms with E-state index >= 15 is 0 Å². The Balaban J connectivity index is 0. The van der Waals surface area contributed by atoms with Crippen molar-refractivity contribution in [2.24, 2.45) is 0 Å². The highest BCUT2D eigenvalue weighted by Crippen LogP contribution is 2.54. The summed E-state index contributed by atoms with van der Waals surface area (Å²) < 4.78 is 99.3.